The van der Waals surface area contributed by atoms with Crippen LogP contribution in [-0.4, -0.2) is 15.5 Å². The van der Waals surface area contributed by atoms with Crippen molar-refractivity contribution in [2.75, 3.05) is 11.8 Å². The number of hydrogen-bond donors (Lipinski definition) is 2. The molecule has 0 saturated carbocycles. The van der Waals surface area contributed by atoms with Crippen molar-refractivity contribution in [3.05, 3.63) is 45.9 Å². The lowest BCUT2D eigenvalue weighted by molar-refractivity contribution is 0.598. The predicted molar refractivity (Wildman–Crippen MR) is 79.0 cm³/mol. The summed E-state index contributed by atoms with van der Waals surface area (Å²) in [4.78, 5) is 1.05. The summed E-state index contributed by atoms with van der Waals surface area (Å²) in [5, 5.41) is 4.50. The second-order valence-corrected chi connectivity index (χ2v) is 6.99. The molecule has 20 heavy (non-hydrogen) atoms. The highest BCUT2D eigenvalue weighted by Crippen LogP contribution is 2.25. The van der Waals surface area contributed by atoms with E-state index in [2.05, 4.69) is 10.0 Å². The fourth-order valence-electron chi connectivity index (χ4n) is 1.72. The lowest BCUT2D eigenvalue weighted by Crippen LogP contribution is -2.14. The van der Waals surface area contributed by atoms with Crippen LogP contribution in [0.15, 0.2) is 34.5 Å². The Morgan fingerprint density at radius 3 is 2.75 bits per heavy atom. The zero-order chi connectivity index (χ0) is 14.8. The molecule has 0 radical (unpaired) electrons. The number of para-hydroxylation sites is 1. The molecule has 7 heteroatoms. The van der Waals surface area contributed by atoms with E-state index >= 15 is 0 Å². The molecule has 0 aliphatic heterocycles. The highest BCUT2D eigenvalue weighted by atomic mass is 32.2. The Labute approximate surface area is 121 Å². The van der Waals surface area contributed by atoms with E-state index in [1.54, 1.807) is 31.5 Å². The van der Waals surface area contributed by atoms with Crippen LogP contribution in [0.4, 0.5) is 10.1 Å². The predicted octanol–water partition coefficient (Wildman–Crippen LogP) is 2.72. The first kappa shape index (κ1) is 15.0. The maximum absolute atomic E-state index is 13.7. The van der Waals surface area contributed by atoms with Gasteiger partial charge in [0, 0.05) is 16.8 Å². The molecule has 0 bridgehead atoms. The zero-order valence-corrected chi connectivity index (χ0v) is 12.7. The third-order valence-electron chi connectivity index (χ3n) is 2.75. The standard InChI is InChI=1S/C13H15FN2O2S2/c1-9-4-3-5-12(14)13(9)16-20(17,18)11-6-10(7-15-2)19-8-11/h3-6,8,15-16H,7H2,1-2H3. The molecule has 2 aromatic rings. The number of aryl methyl sites for hydroxylation is 1. The molecule has 2 N–H and O–H groups in total. The van der Waals surface area contributed by atoms with Gasteiger partial charge in [0.1, 0.15) is 5.82 Å². The maximum atomic E-state index is 13.7. The monoisotopic (exact) mass is 314 g/mol. The summed E-state index contributed by atoms with van der Waals surface area (Å²) in [6.07, 6.45) is 0. The molecule has 0 atom stereocenters. The van der Waals surface area contributed by atoms with Gasteiger partial charge in [0.15, 0.2) is 0 Å². The molecule has 108 valence electrons. The average molecular weight is 314 g/mol. The van der Waals surface area contributed by atoms with Gasteiger partial charge in [-0.3, -0.25) is 4.72 Å². The van der Waals surface area contributed by atoms with Crippen molar-refractivity contribution < 1.29 is 12.8 Å². The van der Waals surface area contributed by atoms with Crippen molar-refractivity contribution in [1.82, 2.24) is 5.32 Å². The molecule has 0 unspecified atom stereocenters. The van der Waals surface area contributed by atoms with Gasteiger partial charge in [0.2, 0.25) is 0 Å². The van der Waals surface area contributed by atoms with Crippen molar-refractivity contribution in [2.24, 2.45) is 0 Å². The molecule has 2 rings (SSSR count). The Hall–Kier alpha value is -1.44. The largest absolute Gasteiger partial charge is 0.315 e. The fourth-order valence-corrected chi connectivity index (χ4v) is 4.15. The minimum absolute atomic E-state index is 0.00568. The minimum atomic E-state index is -3.76. The third kappa shape index (κ3) is 3.17. The Morgan fingerprint density at radius 1 is 1.35 bits per heavy atom. The van der Waals surface area contributed by atoms with Crippen LogP contribution in [0.25, 0.3) is 0 Å². The fraction of sp³-hybridized carbons (Fsp3) is 0.231. The summed E-state index contributed by atoms with van der Waals surface area (Å²) in [6, 6.07) is 6.00. The third-order valence-corrected chi connectivity index (χ3v) is 5.16. The topological polar surface area (TPSA) is 58.2 Å². The van der Waals surface area contributed by atoms with Crippen LogP contribution in [0.2, 0.25) is 0 Å². The van der Waals surface area contributed by atoms with Crippen LogP contribution in [0.1, 0.15) is 10.4 Å². The molecule has 1 aromatic heterocycles. The SMILES string of the molecule is CNCc1cc(S(=O)(=O)Nc2c(C)cccc2F)cs1. The Balaban J connectivity index is 2.31. The molecule has 0 fully saturated rings. The first-order valence-corrected chi connectivity index (χ1v) is 8.30. The first-order chi connectivity index (χ1) is 9.44. The van der Waals surface area contributed by atoms with E-state index in [-0.39, 0.29) is 10.6 Å². The average Bonchev–Trinajstić information content (AvgIpc) is 2.84. The van der Waals surface area contributed by atoms with E-state index < -0.39 is 15.8 Å². The molecule has 0 spiro atoms. The first-order valence-electron chi connectivity index (χ1n) is 5.94. The van der Waals surface area contributed by atoms with Crippen LogP contribution in [-0.2, 0) is 16.6 Å². The lowest BCUT2D eigenvalue weighted by atomic mass is 10.2. The summed E-state index contributed by atoms with van der Waals surface area (Å²) >= 11 is 1.34. The number of halogens is 1. The number of benzene rings is 1. The summed E-state index contributed by atoms with van der Waals surface area (Å²) in [7, 11) is -1.98. The van der Waals surface area contributed by atoms with E-state index in [0.29, 0.717) is 12.1 Å². The number of anilines is 1. The van der Waals surface area contributed by atoms with Gasteiger partial charge >= 0.3 is 0 Å². The normalized spacial score (nSPS) is 11.6. The minimum Gasteiger partial charge on any atom is -0.315 e. The number of thiophene rings is 1. The van der Waals surface area contributed by atoms with E-state index in [9.17, 15) is 12.8 Å². The number of hydrogen-bond acceptors (Lipinski definition) is 4. The molecule has 0 saturated heterocycles. The van der Waals surface area contributed by atoms with E-state index in [4.69, 9.17) is 0 Å². The molecular formula is C13H15FN2O2S2. The highest BCUT2D eigenvalue weighted by molar-refractivity contribution is 7.92. The van der Waals surface area contributed by atoms with Gasteiger partial charge in [-0.15, -0.1) is 11.3 Å². The molecular weight excluding hydrogens is 299 g/mol. The van der Waals surface area contributed by atoms with Gasteiger partial charge < -0.3 is 5.32 Å². The highest BCUT2D eigenvalue weighted by Gasteiger charge is 2.19. The number of nitrogens with one attached hydrogen (secondary N) is 2. The molecule has 0 aliphatic carbocycles. The second-order valence-electron chi connectivity index (χ2n) is 4.32. The van der Waals surface area contributed by atoms with E-state index in [0.717, 1.165) is 4.88 Å². The molecule has 1 aromatic carbocycles. The Bertz CT molecular complexity index is 691. The molecule has 4 nitrogen and oxygen atoms in total. The van der Waals surface area contributed by atoms with Crippen molar-refractivity contribution >= 4 is 27.0 Å². The van der Waals surface area contributed by atoms with Gasteiger partial charge in [0.25, 0.3) is 10.0 Å². The summed E-state index contributed by atoms with van der Waals surface area (Å²) < 4.78 is 40.5. The molecule has 0 amide bonds. The van der Waals surface area contributed by atoms with Crippen molar-refractivity contribution in [1.29, 1.82) is 0 Å². The van der Waals surface area contributed by atoms with Gasteiger partial charge in [-0.25, -0.2) is 12.8 Å². The quantitative estimate of drug-likeness (QED) is 0.892. The van der Waals surface area contributed by atoms with Crippen LogP contribution >= 0.6 is 11.3 Å². The Morgan fingerprint density at radius 2 is 2.10 bits per heavy atom. The maximum Gasteiger partial charge on any atom is 0.262 e. The van der Waals surface area contributed by atoms with Crippen LogP contribution in [0.3, 0.4) is 0 Å². The van der Waals surface area contributed by atoms with Crippen LogP contribution < -0.4 is 10.0 Å². The summed E-state index contributed by atoms with van der Waals surface area (Å²) in [5.74, 6) is -0.584. The summed E-state index contributed by atoms with van der Waals surface area (Å²) in [5.41, 5.74) is 0.535. The van der Waals surface area contributed by atoms with E-state index in [1.165, 1.54) is 23.5 Å². The number of rotatable bonds is 5. The van der Waals surface area contributed by atoms with Gasteiger partial charge in [-0.05, 0) is 31.7 Å². The van der Waals surface area contributed by atoms with Crippen molar-refractivity contribution in [2.45, 2.75) is 18.4 Å². The summed E-state index contributed by atoms with van der Waals surface area (Å²) in [6.45, 7) is 2.25. The lowest BCUT2D eigenvalue weighted by Gasteiger charge is -2.10. The van der Waals surface area contributed by atoms with Gasteiger partial charge in [-0.1, -0.05) is 12.1 Å². The van der Waals surface area contributed by atoms with Gasteiger partial charge in [0.05, 0.1) is 10.6 Å². The van der Waals surface area contributed by atoms with Crippen molar-refractivity contribution in [3.8, 4) is 0 Å². The van der Waals surface area contributed by atoms with Gasteiger partial charge in [-0.2, -0.15) is 0 Å². The van der Waals surface area contributed by atoms with E-state index in [1.807, 2.05) is 0 Å². The van der Waals surface area contributed by atoms with Crippen LogP contribution in [0, 0.1) is 12.7 Å². The molecule has 0 aliphatic rings. The second kappa shape index (κ2) is 5.90. The Kier molecular flexibility index (Phi) is 4.42. The van der Waals surface area contributed by atoms with Crippen molar-refractivity contribution in [3.63, 3.8) is 0 Å². The van der Waals surface area contributed by atoms with Crippen LogP contribution in [0.5, 0.6) is 0 Å². The zero-order valence-electron chi connectivity index (χ0n) is 11.1. The molecule has 1 heterocycles. The smallest absolute Gasteiger partial charge is 0.262 e. The number of sulfonamides is 1.